The summed E-state index contributed by atoms with van der Waals surface area (Å²) < 4.78 is 13.2. The van der Waals surface area contributed by atoms with Crippen LogP contribution in [0.15, 0.2) is 203 Å². The van der Waals surface area contributed by atoms with E-state index in [1.165, 1.54) is 11.1 Å². The number of furan rings is 1. The summed E-state index contributed by atoms with van der Waals surface area (Å²) in [6.45, 7) is 0. The molecule has 8 aromatic carbocycles. The van der Waals surface area contributed by atoms with Gasteiger partial charge in [-0.05, 0) is 82.4 Å². The molecule has 0 spiro atoms. The zero-order valence-corrected chi connectivity index (χ0v) is 28.7. The highest BCUT2D eigenvalue weighted by atomic mass is 16.3. The Kier molecular flexibility index (Phi) is 7.43. The maximum Gasteiger partial charge on any atom is 0.227 e. The number of para-hydroxylation sites is 2. The van der Waals surface area contributed by atoms with Crippen molar-refractivity contribution < 1.29 is 8.83 Å². The average Bonchev–Trinajstić information content (AvgIpc) is 3.85. The number of benzene rings is 8. The lowest BCUT2D eigenvalue weighted by atomic mass is 9.97. The third kappa shape index (κ3) is 5.54. The Morgan fingerprint density at radius 3 is 1.55 bits per heavy atom. The zero-order chi connectivity index (χ0) is 35.1. The summed E-state index contributed by atoms with van der Waals surface area (Å²) in [5.41, 5.74) is 13.8. The van der Waals surface area contributed by atoms with Crippen molar-refractivity contribution in [2.75, 3.05) is 4.90 Å². The number of rotatable bonds is 7. The summed E-state index contributed by atoms with van der Waals surface area (Å²) in [6.07, 6.45) is 0. The minimum absolute atomic E-state index is 0.594. The van der Waals surface area contributed by atoms with Crippen LogP contribution in [0.2, 0.25) is 0 Å². The van der Waals surface area contributed by atoms with Gasteiger partial charge in [-0.2, -0.15) is 0 Å². The first-order chi connectivity index (χ1) is 26.3. The van der Waals surface area contributed by atoms with E-state index < -0.39 is 0 Å². The Hall–Kier alpha value is -7.17. The van der Waals surface area contributed by atoms with Crippen molar-refractivity contribution in [2.45, 2.75) is 0 Å². The van der Waals surface area contributed by atoms with Gasteiger partial charge in [-0.1, -0.05) is 133 Å². The maximum absolute atomic E-state index is 6.64. The predicted octanol–water partition coefficient (Wildman–Crippen LogP) is 13.9. The van der Waals surface area contributed by atoms with Crippen molar-refractivity contribution >= 4 is 50.1 Å². The van der Waals surface area contributed by atoms with Crippen LogP contribution < -0.4 is 4.90 Å². The number of hydrogen-bond donors (Lipinski definition) is 0. The van der Waals surface area contributed by atoms with Crippen LogP contribution in [-0.4, -0.2) is 4.98 Å². The van der Waals surface area contributed by atoms with Gasteiger partial charge >= 0.3 is 0 Å². The second kappa shape index (κ2) is 12.9. The van der Waals surface area contributed by atoms with Crippen molar-refractivity contribution in [1.29, 1.82) is 0 Å². The van der Waals surface area contributed by atoms with E-state index in [9.17, 15) is 0 Å². The van der Waals surface area contributed by atoms with Crippen LogP contribution in [0.5, 0.6) is 0 Å². The van der Waals surface area contributed by atoms with Crippen LogP contribution in [0, 0.1) is 0 Å². The van der Waals surface area contributed by atoms with E-state index in [1.807, 2.05) is 60.7 Å². The van der Waals surface area contributed by atoms with Crippen LogP contribution in [0.1, 0.15) is 0 Å². The van der Waals surface area contributed by atoms with Crippen LogP contribution in [0.3, 0.4) is 0 Å². The summed E-state index contributed by atoms with van der Waals surface area (Å²) in [4.78, 5) is 7.22. The van der Waals surface area contributed by atoms with Gasteiger partial charge in [0.1, 0.15) is 16.7 Å². The van der Waals surface area contributed by atoms with Gasteiger partial charge in [0.2, 0.25) is 5.89 Å². The zero-order valence-electron chi connectivity index (χ0n) is 28.7. The average molecular weight is 681 g/mol. The molecule has 0 amide bonds. The molecule has 0 N–H and O–H groups in total. The van der Waals surface area contributed by atoms with E-state index >= 15 is 0 Å². The molecule has 0 unspecified atom stereocenters. The molecule has 4 nitrogen and oxygen atoms in total. The lowest BCUT2D eigenvalue weighted by Gasteiger charge is -2.26. The molecule has 0 saturated heterocycles. The van der Waals surface area contributed by atoms with Gasteiger partial charge in [0.25, 0.3) is 0 Å². The number of fused-ring (bicyclic) bond motifs is 4. The Labute approximate surface area is 306 Å². The van der Waals surface area contributed by atoms with Gasteiger partial charge in [-0.3, -0.25) is 0 Å². The standard InChI is InChI=1S/C49H32N2O2/c1-4-13-33(14-5-1)35-23-27-38(28-24-35)51(39-29-25-36(26-30-39)34-15-6-2-7-16-34)40-31-43(47-42-19-10-11-22-45(42)52-46(47)32-40)41-20-12-21-44-48(41)53-49(50-44)37-17-8-3-9-18-37/h1-32H. The minimum Gasteiger partial charge on any atom is -0.456 e. The third-order valence-corrected chi connectivity index (χ3v) is 9.91. The lowest BCUT2D eigenvalue weighted by Crippen LogP contribution is -2.10. The van der Waals surface area contributed by atoms with Crippen LogP contribution in [0.4, 0.5) is 17.1 Å². The van der Waals surface area contributed by atoms with E-state index in [0.717, 1.165) is 77.9 Å². The van der Waals surface area contributed by atoms with Crippen LogP contribution in [-0.2, 0) is 0 Å². The highest BCUT2D eigenvalue weighted by molar-refractivity contribution is 6.16. The molecule has 0 bridgehead atoms. The second-order valence-corrected chi connectivity index (χ2v) is 13.2. The topological polar surface area (TPSA) is 42.4 Å². The largest absolute Gasteiger partial charge is 0.456 e. The van der Waals surface area contributed by atoms with Gasteiger partial charge in [-0.15, -0.1) is 0 Å². The summed E-state index contributed by atoms with van der Waals surface area (Å²) >= 11 is 0. The molecule has 2 aromatic heterocycles. The van der Waals surface area contributed by atoms with Crippen molar-refractivity contribution in [3.63, 3.8) is 0 Å². The van der Waals surface area contributed by atoms with Gasteiger partial charge in [-0.25, -0.2) is 4.98 Å². The molecule has 2 heterocycles. The fraction of sp³-hybridized carbons (Fsp3) is 0. The molecule has 0 aliphatic rings. The molecular weight excluding hydrogens is 649 g/mol. The Bertz CT molecular complexity index is 2770. The fourth-order valence-electron chi connectivity index (χ4n) is 7.36. The Morgan fingerprint density at radius 1 is 0.377 bits per heavy atom. The first-order valence-electron chi connectivity index (χ1n) is 17.8. The first kappa shape index (κ1) is 30.6. The third-order valence-electron chi connectivity index (χ3n) is 9.91. The molecule has 0 saturated carbocycles. The number of nitrogens with zero attached hydrogens (tertiary/aromatic N) is 2. The molecule has 250 valence electrons. The molecule has 10 rings (SSSR count). The van der Waals surface area contributed by atoms with Crippen molar-refractivity contribution in [2.24, 2.45) is 0 Å². The van der Waals surface area contributed by atoms with E-state index in [4.69, 9.17) is 13.8 Å². The quantitative estimate of drug-likeness (QED) is 0.168. The molecule has 0 fully saturated rings. The van der Waals surface area contributed by atoms with E-state index in [-0.39, 0.29) is 0 Å². The SMILES string of the molecule is c1ccc(-c2ccc(N(c3ccc(-c4ccccc4)cc3)c3cc(-c4cccc5nc(-c6ccccc6)oc45)c4c(c3)oc3ccccc34)cc2)cc1. The molecule has 4 heteroatoms. The lowest BCUT2D eigenvalue weighted by molar-refractivity contribution is 0.621. The normalized spacial score (nSPS) is 11.4. The first-order valence-corrected chi connectivity index (χ1v) is 17.8. The monoisotopic (exact) mass is 680 g/mol. The summed E-state index contributed by atoms with van der Waals surface area (Å²) in [5.74, 6) is 0.594. The molecule has 0 radical (unpaired) electrons. The van der Waals surface area contributed by atoms with Crippen molar-refractivity contribution in [1.82, 2.24) is 4.98 Å². The van der Waals surface area contributed by atoms with Gasteiger partial charge in [0, 0.05) is 39.3 Å². The molecule has 53 heavy (non-hydrogen) atoms. The van der Waals surface area contributed by atoms with Gasteiger partial charge in [0.15, 0.2) is 5.58 Å². The molecule has 0 atom stereocenters. The number of oxazole rings is 1. The second-order valence-electron chi connectivity index (χ2n) is 13.2. The van der Waals surface area contributed by atoms with Crippen molar-refractivity contribution in [3.05, 3.63) is 194 Å². The minimum atomic E-state index is 0.594. The highest BCUT2D eigenvalue weighted by Gasteiger charge is 2.22. The summed E-state index contributed by atoms with van der Waals surface area (Å²) in [6, 6.07) is 67.4. The molecular formula is C49H32N2O2. The summed E-state index contributed by atoms with van der Waals surface area (Å²) in [7, 11) is 0. The Morgan fingerprint density at radius 2 is 0.925 bits per heavy atom. The fourth-order valence-corrected chi connectivity index (χ4v) is 7.36. The van der Waals surface area contributed by atoms with Gasteiger partial charge < -0.3 is 13.7 Å². The van der Waals surface area contributed by atoms with E-state index in [0.29, 0.717) is 5.89 Å². The van der Waals surface area contributed by atoms with Crippen LogP contribution in [0.25, 0.3) is 77.9 Å². The van der Waals surface area contributed by atoms with Gasteiger partial charge in [0.05, 0.1) is 5.69 Å². The smallest absolute Gasteiger partial charge is 0.227 e. The van der Waals surface area contributed by atoms with E-state index in [2.05, 4.69) is 138 Å². The Balaban J connectivity index is 1.19. The maximum atomic E-state index is 6.64. The van der Waals surface area contributed by atoms with E-state index in [1.54, 1.807) is 0 Å². The summed E-state index contributed by atoms with van der Waals surface area (Å²) in [5, 5.41) is 2.09. The predicted molar refractivity (Wildman–Crippen MR) is 218 cm³/mol. The molecule has 0 aliphatic carbocycles. The molecule has 10 aromatic rings. The molecule has 0 aliphatic heterocycles. The number of hydrogen-bond acceptors (Lipinski definition) is 4. The highest BCUT2D eigenvalue weighted by Crippen LogP contribution is 2.46. The van der Waals surface area contributed by atoms with Crippen LogP contribution >= 0.6 is 0 Å². The number of anilines is 3. The number of aromatic nitrogens is 1. The van der Waals surface area contributed by atoms with Crippen molar-refractivity contribution in [3.8, 4) is 44.8 Å².